The lowest BCUT2D eigenvalue weighted by Crippen LogP contribution is -2.45. The molecule has 1 heterocycles. The monoisotopic (exact) mass is 341 g/mol. The molecule has 1 aliphatic heterocycles. The molecule has 0 fully saturated rings. The fourth-order valence-electron chi connectivity index (χ4n) is 2.57. The Labute approximate surface area is 143 Å². The molecule has 3 rings (SSSR count). The molecule has 0 radical (unpaired) electrons. The van der Waals surface area contributed by atoms with E-state index < -0.39 is 9.85 Å². The highest BCUT2D eigenvalue weighted by atomic mass is 16.6. The van der Waals surface area contributed by atoms with E-state index in [-0.39, 0.29) is 18.1 Å². The maximum absolute atomic E-state index is 11.2. The molecule has 9 heteroatoms. The first-order chi connectivity index (χ1) is 12.0. The van der Waals surface area contributed by atoms with E-state index in [1.54, 1.807) is 0 Å². The van der Waals surface area contributed by atoms with Crippen LogP contribution in [-0.4, -0.2) is 33.8 Å². The van der Waals surface area contributed by atoms with E-state index in [2.05, 4.69) is 5.10 Å². The van der Waals surface area contributed by atoms with Gasteiger partial charge in [0.05, 0.1) is 15.7 Å². The Kier molecular flexibility index (Phi) is 4.66. The summed E-state index contributed by atoms with van der Waals surface area (Å²) in [5.74, 6) is -0.166. The molecule has 25 heavy (non-hydrogen) atoms. The third-order valence-electron chi connectivity index (χ3n) is 3.75. The van der Waals surface area contributed by atoms with Crippen molar-refractivity contribution in [3.05, 3.63) is 80.4 Å². The van der Waals surface area contributed by atoms with E-state index >= 15 is 0 Å². The van der Waals surface area contributed by atoms with Crippen molar-refractivity contribution in [2.24, 2.45) is 5.10 Å². The Morgan fingerprint density at radius 2 is 1.64 bits per heavy atom. The Bertz CT molecular complexity index is 807. The number of benzene rings is 2. The first-order valence-corrected chi connectivity index (χ1v) is 7.53. The van der Waals surface area contributed by atoms with Gasteiger partial charge in [-0.25, -0.2) is 0 Å². The largest absolute Gasteiger partial charge is 0.378 e. The fraction of sp³-hybridized carbons (Fsp3) is 0.188. The van der Waals surface area contributed by atoms with Crippen LogP contribution in [0.25, 0.3) is 0 Å². The molecule has 0 saturated carbocycles. The molecular weight excluding hydrogens is 326 g/mol. The Balaban J connectivity index is 1.83. The van der Waals surface area contributed by atoms with Crippen molar-refractivity contribution in [2.45, 2.75) is 6.54 Å². The van der Waals surface area contributed by atoms with E-state index in [0.29, 0.717) is 18.9 Å². The van der Waals surface area contributed by atoms with Crippen molar-refractivity contribution in [3.63, 3.8) is 0 Å². The predicted molar refractivity (Wildman–Crippen MR) is 91.7 cm³/mol. The molecule has 2 aromatic carbocycles. The second-order valence-corrected chi connectivity index (χ2v) is 5.56. The predicted octanol–water partition coefficient (Wildman–Crippen LogP) is 2.46. The molecule has 0 aliphatic carbocycles. The summed E-state index contributed by atoms with van der Waals surface area (Å²) >= 11 is 0. The summed E-state index contributed by atoms with van der Waals surface area (Å²) in [5.41, 5.74) is 1.55. The van der Waals surface area contributed by atoms with Gasteiger partial charge in [0.25, 0.3) is 5.69 Å². The zero-order valence-electron chi connectivity index (χ0n) is 13.2. The number of hydrogen-bond donors (Lipinski definition) is 0. The Morgan fingerprint density at radius 3 is 2.24 bits per heavy atom. The summed E-state index contributed by atoms with van der Waals surface area (Å²) < 4.78 is 0. The lowest BCUT2D eigenvalue weighted by atomic mass is 10.2. The second kappa shape index (κ2) is 7.05. The summed E-state index contributed by atoms with van der Waals surface area (Å²) in [5, 5.41) is 27.5. The van der Waals surface area contributed by atoms with Crippen LogP contribution in [-0.2, 0) is 6.54 Å². The summed E-state index contributed by atoms with van der Waals surface area (Å²) in [6, 6.07) is 15.4. The summed E-state index contributed by atoms with van der Waals surface area (Å²) in [7, 11) is 0. The van der Waals surface area contributed by atoms with E-state index in [4.69, 9.17) is 0 Å². The maximum atomic E-state index is 11.2. The van der Waals surface area contributed by atoms with Gasteiger partial charge in [-0.2, -0.15) is 5.01 Å². The van der Waals surface area contributed by atoms with Crippen molar-refractivity contribution in [2.75, 3.05) is 18.2 Å². The van der Waals surface area contributed by atoms with Crippen LogP contribution in [0.3, 0.4) is 0 Å². The van der Waals surface area contributed by atoms with E-state index in [1.807, 2.05) is 35.2 Å². The average molecular weight is 341 g/mol. The van der Waals surface area contributed by atoms with Gasteiger partial charge in [-0.1, -0.05) is 30.3 Å². The molecule has 0 N–H and O–H groups in total. The number of anilines is 1. The van der Waals surface area contributed by atoms with E-state index in [9.17, 15) is 20.2 Å². The second-order valence-electron chi connectivity index (χ2n) is 5.56. The van der Waals surface area contributed by atoms with Crippen molar-refractivity contribution in [1.29, 1.82) is 0 Å². The Morgan fingerprint density at radius 1 is 0.960 bits per heavy atom. The van der Waals surface area contributed by atoms with Crippen LogP contribution in [0.2, 0.25) is 0 Å². The standard InChI is InChI=1S/C16H15N5O4/c22-20(23)15-8-6-14(7-9-15)19-12-18(11-16(17-19)21(24)25)10-13-4-2-1-3-5-13/h1-9H,10-12H2. The normalized spacial score (nSPS) is 14.9. The minimum absolute atomic E-state index is 0.0413. The smallest absolute Gasteiger partial charge is 0.358 e. The van der Waals surface area contributed by atoms with Crippen LogP contribution < -0.4 is 5.01 Å². The number of nitro benzene ring substituents is 1. The number of hydrogen-bond acceptors (Lipinski definition) is 7. The highest BCUT2D eigenvalue weighted by molar-refractivity contribution is 5.78. The third kappa shape index (κ3) is 3.96. The lowest BCUT2D eigenvalue weighted by molar-refractivity contribution is -0.384. The third-order valence-corrected chi connectivity index (χ3v) is 3.75. The minimum Gasteiger partial charge on any atom is -0.358 e. The topological polar surface area (TPSA) is 105 Å². The summed E-state index contributed by atoms with van der Waals surface area (Å²) in [6.45, 7) is 1.02. The van der Waals surface area contributed by atoms with Gasteiger partial charge in [0.1, 0.15) is 13.2 Å². The molecule has 0 unspecified atom stereocenters. The molecule has 0 amide bonds. The number of rotatable bonds is 4. The van der Waals surface area contributed by atoms with Gasteiger partial charge in [0.15, 0.2) is 0 Å². The molecule has 2 aromatic rings. The molecule has 0 spiro atoms. The minimum atomic E-state index is -0.504. The van der Waals surface area contributed by atoms with Gasteiger partial charge in [0, 0.05) is 18.7 Å². The van der Waals surface area contributed by atoms with Gasteiger partial charge >= 0.3 is 5.84 Å². The maximum Gasteiger partial charge on any atom is 0.378 e. The number of non-ortho nitro benzene ring substituents is 1. The van der Waals surface area contributed by atoms with Crippen molar-refractivity contribution in [3.8, 4) is 0 Å². The van der Waals surface area contributed by atoms with Crippen LogP contribution in [0.4, 0.5) is 11.4 Å². The van der Waals surface area contributed by atoms with Crippen molar-refractivity contribution < 1.29 is 9.85 Å². The van der Waals surface area contributed by atoms with Gasteiger partial charge in [0.2, 0.25) is 0 Å². The molecule has 1 aliphatic rings. The number of nitrogens with zero attached hydrogens (tertiary/aromatic N) is 5. The molecule has 0 saturated heterocycles. The molecule has 0 atom stereocenters. The fourth-order valence-corrected chi connectivity index (χ4v) is 2.57. The zero-order valence-corrected chi connectivity index (χ0v) is 13.2. The van der Waals surface area contributed by atoms with Crippen LogP contribution in [0.5, 0.6) is 0 Å². The van der Waals surface area contributed by atoms with Gasteiger partial charge in [-0.3, -0.25) is 15.0 Å². The number of amidine groups is 1. The summed E-state index contributed by atoms with van der Waals surface area (Å²) in [4.78, 5) is 22.9. The molecular formula is C16H15N5O4. The van der Waals surface area contributed by atoms with Crippen LogP contribution in [0, 0.1) is 20.2 Å². The zero-order chi connectivity index (χ0) is 17.8. The SMILES string of the molecule is O=[N+]([O-])C1=NN(c2ccc([N+](=O)[O-])cc2)CN(Cc2ccccc2)C1. The first kappa shape index (κ1) is 16.5. The van der Waals surface area contributed by atoms with Crippen LogP contribution in [0.1, 0.15) is 5.56 Å². The molecule has 0 bridgehead atoms. The molecule has 9 nitrogen and oxygen atoms in total. The van der Waals surface area contributed by atoms with E-state index in [0.717, 1.165) is 5.56 Å². The van der Waals surface area contributed by atoms with Crippen molar-refractivity contribution >= 4 is 17.2 Å². The quantitative estimate of drug-likeness (QED) is 0.625. The molecule has 128 valence electrons. The number of nitro groups is 2. The van der Waals surface area contributed by atoms with Crippen LogP contribution >= 0.6 is 0 Å². The van der Waals surface area contributed by atoms with Crippen molar-refractivity contribution in [1.82, 2.24) is 4.90 Å². The lowest BCUT2D eigenvalue weighted by Gasteiger charge is -2.28. The Hall–Kier alpha value is -3.33. The van der Waals surface area contributed by atoms with Gasteiger partial charge in [-0.05, 0) is 22.6 Å². The molecule has 0 aromatic heterocycles. The average Bonchev–Trinajstić information content (AvgIpc) is 2.62. The number of hydrazone groups is 1. The van der Waals surface area contributed by atoms with E-state index in [1.165, 1.54) is 29.3 Å². The first-order valence-electron chi connectivity index (χ1n) is 7.53. The van der Waals surface area contributed by atoms with Gasteiger partial charge in [-0.15, -0.1) is 0 Å². The van der Waals surface area contributed by atoms with Crippen LogP contribution in [0.15, 0.2) is 59.7 Å². The highest BCUT2D eigenvalue weighted by Crippen LogP contribution is 2.22. The van der Waals surface area contributed by atoms with Gasteiger partial charge < -0.3 is 10.1 Å². The highest BCUT2D eigenvalue weighted by Gasteiger charge is 2.29. The summed E-state index contributed by atoms with van der Waals surface area (Å²) in [6.07, 6.45) is 0.